The van der Waals surface area contributed by atoms with Crippen LogP contribution in [0.25, 0.3) is 11.1 Å². The lowest BCUT2D eigenvalue weighted by molar-refractivity contribution is -0.255. The number of fused-ring (bicyclic) bond motifs is 1. The summed E-state index contributed by atoms with van der Waals surface area (Å²) in [4.78, 5) is 29.3. The summed E-state index contributed by atoms with van der Waals surface area (Å²) < 4.78 is 19.6. The van der Waals surface area contributed by atoms with Crippen molar-refractivity contribution in [2.45, 2.75) is 115 Å². The van der Waals surface area contributed by atoms with E-state index < -0.39 is 6.29 Å². The average Bonchev–Trinajstić information content (AvgIpc) is 3.29. The van der Waals surface area contributed by atoms with Gasteiger partial charge in [-0.25, -0.2) is 4.79 Å². The van der Waals surface area contributed by atoms with Crippen molar-refractivity contribution in [3.05, 3.63) is 150 Å². The molecule has 3 amide bonds. The Morgan fingerprint density at radius 2 is 1.47 bits per heavy atom. The molecule has 2 heterocycles. The third kappa shape index (κ3) is 11.1. The van der Waals surface area contributed by atoms with Crippen LogP contribution in [0.15, 0.2) is 127 Å². The van der Waals surface area contributed by atoms with Crippen molar-refractivity contribution < 1.29 is 28.9 Å². The first-order valence-corrected chi connectivity index (χ1v) is 22.2. The zero-order valence-electron chi connectivity index (χ0n) is 36.1. The summed E-state index contributed by atoms with van der Waals surface area (Å²) in [6, 6.07) is 41.1. The fourth-order valence-electron chi connectivity index (χ4n) is 9.31. The van der Waals surface area contributed by atoms with Gasteiger partial charge < -0.3 is 35.3 Å². The summed E-state index contributed by atoms with van der Waals surface area (Å²) in [6.45, 7) is 7.11. The SMILES string of the molecule is CC(C)(C)NC(=O)C1CCC2CCCCC2N1CC1CC(c2ccc(CO)cc2)OC(c2cccc(-c3cccc(CNC(=O)Nc4ccc(Oc5ccccc5)cc4)c3)c2)O1. The number of likely N-dealkylation sites (tertiary alicyclic amines) is 1. The number of nitrogens with zero attached hydrogens (tertiary/aromatic N) is 1. The number of amides is 3. The Balaban J connectivity index is 0.969. The maximum Gasteiger partial charge on any atom is 0.319 e. The second kappa shape index (κ2) is 19.7. The highest BCUT2D eigenvalue weighted by molar-refractivity contribution is 5.89. The van der Waals surface area contributed by atoms with Crippen molar-refractivity contribution in [2.24, 2.45) is 5.92 Å². The number of para-hydroxylation sites is 1. The Bertz CT molecular complexity index is 2260. The number of hydrogen-bond donors (Lipinski definition) is 4. The molecule has 1 saturated carbocycles. The topological polar surface area (TPSA) is 121 Å². The van der Waals surface area contributed by atoms with Crippen molar-refractivity contribution in [3.8, 4) is 22.6 Å². The predicted molar refractivity (Wildman–Crippen MR) is 242 cm³/mol. The number of aliphatic hydroxyl groups is 1. The highest BCUT2D eigenvalue weighted by Gasteiger charge is 2.44. The van der Waals surface area contributed by atoms with Crippen LogP contribution in [0.2, 0.25) is 0 Å². The number of nitrogens with one attached hydrogen (secondary N) is 3. The number of urea groups is 1. The second-order valence-electron chi connectivity index (χ2n) is 18.1. The van der Waals surface area contributed by atoms with Crippen LogP contribution in [0.1, 0.15) is 100 Å². The summed E-state index contributed by atoms with van der Waals surface area (Å²) in [7, 11) is 0. The van der Waals surface area contributed by atoms with Gasteiger partial charge in [0.15, 0.2) is 6.29 Å². The summed E-state index contributed by atoms with van der Waals surface area (Å²) in [5, 5.41) is 18.9. The molecule has 4 N–H and O–H groups in total. The Hall–Kier alpha value is -5.52. The minimum Gasteiger partial charge on any atom is -0.457 e. The molecule has 0 spiro atoms. The van der Waals surface area contributed by atoms with Crippen LogP contribution >= 0.6 is 0 Å². The van der Waals surface area contributed by atoms with Crippen LogP contribution in [0.3, 0.4) is 0 Å². The van der Waals surface area contributed by atoms with Gasteiger partial charge in [0.05, 0.1) is 24.9 Å². The molecule has 5 aromatic carbocycles. The van der Waals surface area contributed by atoms with E-state index in [2.05, 4.69) is 51.2 Å². The molecule has 1 aliphatic carbocycles. The number of piperidine rings is 1. The van der Waals surface area contributed by atoms with Crippen LogP contribution in [0.5, 0.6) is 11.5 Å². The maximum atomic E-state index is 13.9. The maximum absolute atomic E-state index is 13.9. The zero-order valence-corrected chi connectivity index (χ0v) is 36.1. The van der Waals surface area contributed by atoms with Crippen molar-refractivity contribution in [1.82, 2.24) is 15.5 Å². The van der Waals surface area contributed by atoms with E-state index in [1.54, 1.807) is 0 Å². The molecular formula is C52H60N4O6. The lowest BCUT2D eigenvalue weighted by Crippen LogP contribution is -2.61. The van der Waals surface area contributed by atoms with E-state index in [1.165, 1.54) is 19.3 Å². The molecule has 62 heavy (non-hydrogen) atoms. The fraction of sp³-hybridized carbons (Fsp3) is 0.385. The second-order valence-corrected chi connectivity index (χ2v) is 18.1. The third-order valence-corrected chi connectivity index (χ3v) is 12.3. The monoisotopic (exact) mass is 836 g/mol. The Kier molecular flexibility index (Phi) is 13.7. The summed E-state index contributed by atoms with van der Waals surface area (Å²) in [6.07, 6.45) is 6.25. The molecular weight excluding hydrogens is 777 g/mol. The van der Waals surface area contributed by atoms with E-state index in [0.29, 0.717) is 42.9 Å². The summed E-state index contributed by atoms with van der Waals surface area (Å²) in [5.41, 5.74) is 6.10. The van der Waals surface area contributed by atoms with Gasteiger partial charge in [-0.2, -0.15) is 0 Å². The number of rotatable bonds is 12. The highest BCUT2D eigenvalue weighted by atomic mass is 16.7. The van der Waals surface area contributed by atoms with Gasteiger partial charge in [0.1, 0.15) is 11.5 Å². The van der Waals surface area contributed by atoms with E-state index in [0.717, 1.165) is 58.4 Å². The number of hydrogen-bond acceptors (Lipinski definition) is 7. The number of carbonyl (C=O) groups excluding carboxylic acids is 2. The number of carbonyl (C=O) groups is 2. The van der Waals surface area contributed by atoms with E-state index in [-0.39, 0.29) is 42.3 Å². The number of benzene rings is 5. The number of aliphatic hydroxyl groups excluding tert-OH is 1. The molecule has 0 radical (unpaired) electrons. The molecule has 10 nitrogen and oxygen atoms in total. The predicted octanol–water partition coefficient (Wildman–Crippen LogP) is 10.4. The van der Waals surface area contributed by atoms with E-state index >= 15 is 0 Å². The summed E-state index contributed by atoms with van der Waals surface area (Å²) in [5.74, 6) is 2.13. The lowest BCUT2D eigenvalue weighted by atomic mass is 9.75. The fourth-order valence-corrected chi connectivity index (χ4v) is 9.31. The van der Waals surface area contributed by atoms with Gasteiger partial charge in [0.25, 0.3) is 0 Å². The van der Waals surface area contributed by atoms with Gasteiger partial charge in [0, 0.05) is 42.3 Å². The van der Waals surface area contributed by atoms with Gasteiger partial charge >= 0.3 is 6.03 Å². The number of anilines is 1. The van der Waals surface area contributed by atoms with Crippen LogP contribution in [-0.2, 0) is 27.4 Å². The van der Waals surface area contributed by atoms with Crippen molar-refractivity contribution in [3.63, 3.8) is 0 Å². The van der Waals surface area contributed by atoms with E-state index in [9.17, 15) is 14.7 Å². The molecule has 2 saturated heterocycles. The minimum absolute atomic E-state index is 0.0204. The summed E-state index contributed by atoms with van der Waals surface area (Å²) >= 11 is 0. The molecule has 3 fully saturated rings. The van der Waals surface area contributed by atoms with Crippen LogP contribution in [0, 0.1) is 5.92 Å². The molecule has 10 heteroatoms. The minimum atomic E-state index is -0.641. The first-order valence-electron chi connectivity index (χ1n) is 22.2. The number of ether oxygens (including phenoxy) is 3. The van der Waals surface area contributed by atoms with Crippen LogP contribution < -0.4 is 20.7 Å². The molecule has 0 aromatic heterocycles. The Morgan fingerprint density at radius 1 is 0.742 bits per heavy atom. The molecule has 5 aromatic rings. The first-order chi connectivity index (χ1) is 30.1. The smallest absolute Gasteiger partial charge is 0.319 e. The van der Waals surface area contributed by atoms with Crippen LogP contribution in [-0.4, -0.2) is 52.2 Å². The Labute approximate surface area is 366 Å². The van der Waals surface area contributed by atoms with Crippen molar-refractivity contribution in [1.29, 1.82) is 0 Å². The molecule has 6 unspecified atom stereocenters. The van der Waals surface area contributed by atoms with Gasteiger partial charge in [0.2, 0.25) is 5.91 Å². The van der Waals surface area contributed by atoms with Gasteiger partial charge in [-0.15, -0.1) is 0 Å². The quantitative estimate of drug-likeness (QED) is 0.0987. The standard InChI is InChI=1S/C52H60N4O6/c1-52(2,3)55-49(58)47-28-23-37-12-7-8-18-46(37)56(47)33-45-31-48(38-21-19-35(34-57)20-22-38)62-50(61-45)41-15-10-14-40(30-41)39-13-9-11-36(29-39)32-53-51(59)54-42-24-26-44(27-25-42)60-43-16-5-4-6-17-43/h4-6,9-11,13-17,19-22,24-27,29-30,37,45-48,50,57H,7-8,12,18,23,28,31-34H2,1-3H3,(H,55,58)(H2,53,54,59). The van der Waals surface area contributed by atoms with Gasteiger partial charge in [-0.3, -0.25) is 9.69 Å². The van der Waals surface area contributed by atoms with E-state index in [4.69, 9.17) is 14.2 Å². The first kappa shape index (κ1) is 43.1. The third-order valence-electron chi connectivity index (χ3n) is 12.3. The largest absolute Gasteiger partial charge is 0.457 e. The molecule has 324 valence electrons. The zero-order chi connectivity index (χ0) is 43.1. The molecule has 3 aliphatic rings. The van der Waals surface area contributed by atoms with E-state index in [1.807, 2.05) is 118 Å². The molecule has 8 rings (SSSR count). The van der Waals surface area contributed by atoms with Crippen molar-refractivity contribution >= 4 is 17.6 Å². The molecule has 6 atom stereocenters. The van der Waals surface area contributed by atoms with Crippen LogP contribution in [0.4, 0.5) is 10.5 Å². The average molecular weight is 837 g/mol. The molecule has 2 aliphatic heterocycles. The lowest BCUT2D eigenvalue weighted by Gasteiger charge is -2.50. The normalized spacial score (nSPS) is 22.8. The highest BCUT2D eigenvalue weighted by Crippen LogP contribution is 2.42. The van der Waals surface area contributed by atoms with Gasteiger partial charge in [-0.1, -0.05) is 91.7 Å². The van der Waals surface area contributed by atoms with Crippen molar-refractivity contribution in [2.75, 3.05) is 11.9 Å². The van der Waals surface area contributed by atoms with Gasteiger partial charge in [-0.05, 0) is 129 Å². The Morgan fingerprint density at radius 3 is 2.23 bits per heavy atom. The molecule has 0 bridgehead atoms.